The monoisotopic (exact) mass is 535 g/mol. The second kappa shape index (κ2) is 9.78. The van der Waals surface area contributed by atoms with Crippen LogP contribution in [0.2, 0.25) is 0 Å². The van der Waals surface area contributed by atoms with Gasteiger partial charge in [-0.15, -0.1) is 11.3 Å². The predicted octanol–water partition coefficient (Wildman–Crippen LogP) is 4.76. The summed E-state index contributed by atoms with van der Waals surface area (Å²) in [5.41, 5.74) is 0.526. The molecule has 2 aromatic heterocycles. The van der Waals surface area contributed by atoms with Crippen LogP contribution in [0, 0.1) is 11.8 Å². The molecule has 0 unspecified atom stereocenters. The third kappa shape index (κ3) is 4.69. The van der Waals surface area contributed by atoms with Gasteiger partial charge in [0.1, 0.15) is 12.4 Å². The van der Waals surface area contributed by atoms with Gasteiger partial charge in [-0.1, -0.05) is 23.7 Å². The van der Waals surface area contributed by atoms with Crippen molar-refractivity contribution in [1.29, 1.82) is 0 Å². The number of alkyl halides is 4. The number of hydrogen-bond donors (Lipinski definition) is 1. The lowest BCUT2D eigenvalue weighted by molar-refractivity contribution is -0.128. The van der Waals surface area contributed by atoms with Crippen molar-refractivity contribution in [3.8, 4) is 10.4 Å². The van der Waals surface area contributed by atoms with E-state index in [1.165, 1.54) is 30.1 Å². The Morgan fingerprint density at radius 3 is 2.39 bits per heavy atom. The normalized spacial score (nSPS) is 23.7. The Balaban J connectivity index is 1.49. The van der Waals surface area contributed by atoms with Crippen LogP contribution in [0.1, 0.15) is 30.9 Å². The number of aromatic nitrogens is 3. The third-order valence-corrected chi connectivity index (χ3v) is 7.85. The summed E-state index contributed by atoms with van der Waals surface area (Å²) >= 11 is 6.99. The van der Waals surface area contributed by atoms with Crippen molar-refractivity contribution < 1.29 is 22.8 Å². The number of anilines is 1. The second-order valence-corrected chi connectivity index (χ2v) is 10.3. The summed E-state index contributed by atoms with van der Waals surface area (Å²) in [4.78, 5) is 40.4. The summed E-state index contributed by atoms with van der Waals surface area (Å²) in [6.45, 7) is 0. The maximum absolute atomic E-state index is 14.2. The van der Waals surface area contributed by atoms with Crippen LogP contribution in [0.3, 0.4) is 0 Å². The minimum Gasteiger partial charge on any atom is -0.351 e. The quantitative estimate of drug-likeness (QED) is 0.441. The zero-order chi connectivity index (χ0) is 25.4. The molecule has 7 nitrogen and oxygen atoms in total. The van der Waals surface area contributed by atoms with Crippen LogP contribution >= 0.6 is 22.9 Å². The summed E-state index contributed by atoms with van der Waals surface area (Å²) in [5, 5.41) is 2.83. The molecular formula is C24H21ClF3N5O2S. The van der Waals surface area contributed by atoms with Gasteiger partial charge in [-0.3, -0.25) is 19.5 Å². The van der Waals surface area contributed by atoms with Crippen LogP contribution in [0.25, 0.3) is 10.4 Å². The molecule has 12 heteroatoms. The zero-order valence-corrected chi connectivity index (χ0v) is 20.3. The summed E-state index contributed by atoms with van der Waals surface area (Å²) in [5.74, 6) is -5.69. The molecule has 2 aliphatic carbocycles. The number of halogens is 4. The van der Waals surface area contributed by atoms with Gasteiger partial charge < -0.3 is 5.32 Å². The van der Waals surface area contributed by atoms with Crippen molar-refractivity contribution in [1.82, 2.24) is 20.3 Å². The maximum Gasteiger partial charge on any atom is 0.278 e. The molecule has 2 aliphatic rings. The van der Waals surface area contributed by atoms with Gasteiger partial charge in [0.15, 0.2) is 0 Å². The fourth-order valence-corrected chi connectivity index (χ4v) is 5.91. The number of hydrogen-bond acceptors (Lipinski definition) is 6. The molecular weight excluding hydrogens is 515 g/mol. The van der Waals surface area contributed by atoms with Crippen molar-refractivity contribution in [2.24, 2.45) is 11.8 Å². The maximum atomic E-state index is 14.2. The highest BCUT2D eigenvalue weighted by atomic mass is 35.5. The summed E-state index contributed by atoms with van der Waals surface area (Å²) in [6.07, 6.45) is 5.81. The first-order valence-electron chi connectivity index (χ1n) is 11.3. The van der Waals surface area contributed by atoms with Crippen molar-refractivity contribution in [2.75, 3.05) is 4.90 Å². The molecule has 188 valence electrons. The Morgan fingerprint density at radius 2 is 1.83 bits per heavy atom. The highest BCUT2D eigenvalue weighted by Crippen LogP contribution is 2.53. The standard InChI is InChI=1S/C24H21ClF3N5O2S/c25-21(26)23(35)33(17-3-1-13(2-4-17)19-10-31-12-36-19)20(15-8-29-11-30-9-15)22(34)32-18-6-16-5-14(18)7-24(16,27)28/h1-4,8-12,14,16,18,20-21H,5-7H2,(H,32,34)/t14-,16-,18-,20-,21+/m1/s1. The molecule has 1 aromatic carbocycles. The van der Waals surface area contributed by atoms with Gasteiger partial charge in [0.2, 0.25) is 5.91 Å². The molecule has 5 rings (SSSR count). The van der Waals surface area contributed by atoms with E-state index in [1.54, 1.807) is 36.0 Å². The molecule has 0 aliphatic heterocycles. The number of rotatable bonds is 7. The number of thiazole rings is 1. The third-order valence-electron chi connectivity index (χ3n) is 6.84. The van der Waals surface area contributed by atoms with Crippen molar-refractivity contribution in [2.45, 2.75) is 42.9 Å². The number of carbonyl (C=O) groups is 2. The molecule has 0 spiro atoms. The van der Waals surface area contributed by atoms with Crippen molar-refractivity contribution >= 4 is 40.4 Å². The smallest absolute Gasteiger partial charge is 0.278 e. The lowest BCUT2D eigenvalue weighted by atomic mass is 9.92. The molecule has 2 saturated carbocycles. The second-order valence-electron chi connectivity index (χ2n) is 9.00. The number of carbonyl (C=O) groups excluding carboxylic acids is 2. The van der Waals surface area contributed by atoms with Crippen LogP contribution in [0.4, 0.5) is 18.9 Å². The van der Waals surface area contributed by atoms with E-state index in [9.17, 15) is 22.8 Å². The Labute approximate surface area is 213 Å². The van der Waals surface area contributed by atoms with Crippen molar-refractivity contribution in [3.05, 3.63) is 60.3 Å². The SMILES string of the molecule is O=C(N[C@@H]1C[C@H]2C[C@@H]1CC2(F)F)[C@@H](c1cncnc1)N(C(=O)[C@H](F)Cl)c1ccc(-c2cncs2)cc1. The largest absolute Gasteiger partial charge is 0.351 e. The average Bonchev–Trinajstić information content (AvgIpc) is 3.59. The Morgan fingerprint density at radius 1 is 1.11 bits per heavy atom. The lowest BCUT2D eigenvalue weighted by Crippen LogP contribution is -2.50. The first-order chi connectivity index (χ1) is 17.2. The topological polar surface area (TPSA) is 88.1 Å². The molecule has 5 atom stereocenters. The molecule has 36 heavy (non-hydrogen) atoms. The van der Waals surface area contributed by atoms with E-state index in [4.69, 9.17) is 11.6 Å². The van der Waals surface area contributed by atoms with Crippen LogP contribution in [-0.4, -0.2) is 44.4 Å². The molecule has 2 heterocycles. The molecule has 0 radical (unpaired) electrons. The minimum absolute atomic E-state index is 0.139. The first kappa shape index (κ1) is 24.6. The van der Waals surface area contributed by atoms with Crippen molar-refractivity contribution in [3.63, 3.8) is 0 Å². The highest BCUT2D eigenvalue weighted by molar-refractivity contribution is 7.13. The molecule has 0 saturated heterocycles. The molecule has 2 fully saturated rings. The van der Waals surface area contributed by atoms with Crippen LogP contribution in [0.5, 0.6) is 0 Å². The number of nitrogens with zero attached hydrogens (tertiary/aromatic N) is 4. The summed E-state index contributed by atoms with van der Waals surface area (Å²) in [6, 6.07) is 4.75. The Hall–Kier alpha value is -3.05. The van der Waals surface area contributed by atoms with Crippen LogP contribution in [-0.2, 0) is 9.59 Å². The summed E-state index contributed by atoms with van der Waals surface area (Å²) in [7, 11) is 0. The van der Waals surface area contributed by atoms with Crippen LogP contribution < -0.4 is 10.2 Å². The van der Waals surface area contributed by atoms with Gasteiger partial charge >= 0.3 is 0 Å². The number of fused-ring (bicyclic) bond motifs is 2. The number of nitrogens with one attached hydrogen (secondary N) is 1. The Kier molecular flexibility index (Phi) is 6.69. The highest BCUT2D eigenvalue weighted by Gasteiger charge is 2.57. The summed E-state index contributed by atoms with van der Waals surface area (Å²) < 4.78 is 42.2. The minimum atomic E-state index is -2.74. The average molecular weight is 536 g/mol. The van der Waals surface area contributed by atoms with E-state index in [-0.39, 0.29) is 30.0 Å². The predicted molar refractivity (Wildman–Crippen MR) is 128 cm³/mol. The van der Waals surface area contributed by atoms with E-state index in [0.717, 1.165) is 15.3 Å². The fourth-order valence-electron chi connectivity index (χ4n) is 5.17. The van der Waals surface area contributed by atoms with Crippen LogP contribution in [0.15, 0.2) is 54.7 Å². The van der Waals surface area contributed by atoms with Gasteiger partial charge in [0, 0.05) is 48.2 Å². The lowest BCUT2D eigenvalue weighted by Gasteiger charge is -2.34. The van der Waals surface area contributed by atoms with Gasteiger partial charge in [0.25, 0.3) is 17.5 Å². The van der Waals surface area contributed by atoms with E-state index in [2.05, 4.69) is 20.3 Å². The Bertz CT molecular complexity index is 1230. The van der Waals surface area contributed by atoms with E-state index >= 15 is 0 Å². The van der Waals surface area contributed by atoms with E-state index in [0.29, 0.717) is 6.42 Å². The van der Waals surface area contributed by atoms with Gasteiger partial charge in [-0.2, -0.15) is 0 Å². The van der Waals surface area contributed by atoms with Gasteiger partial charge in [-0.05, 0) is 36.5 Å². The number of benzene rings is 1. The molecule has 2 bridgehead atoms. The van der Waals surface area contributed by atoms with E-state index in [1.807, 2.05) is 0 Å². The molecule has 3 aromatic rings. The van der Waals surface area contributed by atoms with Gasteiger partial charge in [0.05, 0.1) is 10.4 Å². The van der Waals surface area contributed by atoms with Gasteiger partial charge in [-0.25, -0.2) is 23.1 Å². The zero-order valence-electron chi connectivity index (χ0n) is 18.7. The van der Waals surface area contributed by atoms with E-state index < -0.39 is 41.4 Å². The fraction of sp³-hybridized carbons (Fsp3) is 0.375. The first-order valence-corrected chi connectivity index (χ1v) is 12.6. The number of amides is 2. The molecule has 2 amide bonds. The molecule has 1 N–H and O–H groups in total.